The maximum absolute atomic E-state index is 10.9. The highest BCUT2D eigenvalue weighted by atomic mass is 16.7. The number of hydrogen-bond donors (Lipinski definition) is 8. The molecule has 1 aliphatic heterocycles. The number of rotatable bonds is 6. The van der Waals surface area contributed by atoms with E-state index in [9.17, 15) is 40.9 Å². The molecule has 0 amide bonds. The van der Waals surface area contributed by atoms with Gasteiger partial charge in [0.15, 0.2) is 17.8 Å². The fraction of sp³-hybridized carbons (Fsp3) is 0.391. The highest BCUT2D eigenvalue weighted by Crippen LogP contribution is 2.32. The first-order valence-corrected chi connectivity index (χ1v) is 10.1. The number of phenolic OH excluding ortho intramolecular Hbond substituents is 3. The standard InChI is InChI=1S/C23H26O10/c24-11-18-20(29)21(30)22(31)23(33-18)32-17(3-1-2-12-4-7-14(25)8-5-12)19(28)13-6-9-15(26)16(27)10-13/h4-10,17-31H,3,11H2/t17-,18+,19+,20+,21-,22+,23+/m0/s1. The second-order valence-electron chi connectivity index (χ2n) is 7.62. The molecule has 10 heteroatoms. The third kappa shape index (κ3) is 5.93. The number of phenols is 3. The third-order valence-electron chi connectivity index (χ3n) is 5.25. The average Bonchev–Trinajstić information content (AvgIpc) is 2.81. The second-order valence-corrected chi connectivity index (χ2v) is 7.62. The highest BCUT2D eigenvalue weighted by Gasteiger charge is 2.45. The SMILES string of the molecule is OC[C@H]1O[C@@H](O[C@@H](CC#Cc2ccc(O)cc2)[C@H](O)c2ccc(O)c(O)c2)[C@H](O)[C@@H](O)[C@@H]1O. The van der Waals surface area contributed by atoms with Crippen LogP contribution in [0.1, 0.15) is 23.7 Å². The molecule has 1 heterocycles. The molecule has 1 aliphatic rings. The number of aliphatic hydroxyl groups excluding tert-OH is 5. The van der Waals surface area contributed by atoms with Crippen LogP contribution in [-0.2, 0) is 9.47 Å². The van der Waals surface area contributed by atoms with Gasteiger partial charge in [-0.15, -0.1) is 0 Å². The van der Waals surface area contributed by atoms with Crippen molar-refractivity contribution in [3.63, 3.8) is 0 Å². The van der Waals surface area contributed by atoms with Gasteiger partial charge >= 0.3 is 0 Å². The van der Waals surface area contributed by atoms with Gasteiger partial charge < -0.3 is 50.3 Å². The van der Waals surface area contributed by atoms with Crippen molar-refractivity contribution >= 4 is 0 Å². The van der Waals surface area contributed by atoms with Gasteiger partial charge in [-0.2, -0.15) is 0 Å². The Morgan fingerprint density at radius 3 is 2.24 bits per heavy atom. The quantitative estimate of drug-likeness (QED) is 0.205. The first-order chi connectivity index (χ1) is 15.7. The maximum Gasteiger partial charge on any atom is 0.187 e. The van der Waals surface area contributed by atoms with E-state index in [1.807, 2.05) is 0 Å². The molecule has 0 spiro atoms. The molecular weight excluding hydrogens is 436 g/mol. The van der Waals surface area contributed by atoms with Crippen LogP contribution in [0.25, 0.3) is 0 Å². The Labute approximate surface area is 189 Å². The van der Waals surface area contributed by atoms with Crippen LogP contribution >= 0.6 is 0 Å². The van der Waals surface area contributed by atoms with Gasteiger partial charge in [0.05, 0.1) is 6.61 Å². The van der Waals surface area contributed by atoms with E-state index in [1.165, 1.54) is 24.3 Å². The summed E-state index contributed by atoms with van der Waals surface area (Å²) in [7, 11) is 0. The molecule has 2 aromatic rings. The lowest BCUT2D eigenvalue weighted by atomic mass is 9.98. The lowest BCUT2D eigenvalue weighted by molar-refractivity contribution is -0.316. The summed E-state index contributed by atoms with van der Waals surface area (Å²) in [5.74, 6) is 4.89. The molecule has 0 bridgehead atoms. The van der Waals surface area contributed by atoms with Crippen molar-refractivity contribution < 1.29 is 50.3 Å². The zero-order chi connectivity index (χ0) is 24.1. The predicted molar refractivity (Wildman–Crippen MR) is 113 cm³/mol. The molecular formula is C23H26O10. The van der Waals surface area contributed by atoms with Crippen molar-refractivity contribution in [2.45, 2.75) is 49.3 Å². The van der Waals surface area contributed by atoms with E-state index in [2.05, 4.69) is 11.8 Å². The summed E-state index contributed by atoms with van der Waals surface area (Å²) in [6.45, 7) is -0.648. The van der Waals surface area contributed by atoms with Crippen LogP contribution in [0.5, 0.6) is 17.2 Å². The summed E-state index contributed by atoms with van der Waals surface area (Å²) in [6.07, 6.45) is -10.3. The minimum absolute atomic E-state index is 0.0759. The largest absolute Gasteiger partial charge is 0.508 e. The molecule has 0 radical (unpaired) electrons. The van der Waals surface area contributed by atoms with Gasteiger partial charge in [-0.05, 0) is 42.0 Å². The minimum Gasteiger partial charge on any atom is -0.508 e. The molecule has 2 aromatic carbocycles. The molecule has 0 unspecified atom stereocenters. The zero-order valence-corrected chi connectivity index (χ0v) is 17.4. The van der Waals surface area contributed by atoms with Gasteiger partial charge in [0.1, 0.15) is 42.4 Å². The number of aromatic hydroxyl groups is 3. The van der Waals surface area contributed by atoms with Crippen molar-refractivity contribution in [1.82, 2.24) is 0 Å². The zero-order valence-electron chi connectivity index (χ0n) is 17.4. The van der Waals surface area contributed by atoms with Crippen molar-refractivity contribution in [3.8, 4) is 29.1 Å². The molecule has 7 atom stereocenters. The Morgan fingerprint density at radius 1 is 0.909 bits per heavy atom. The average molecular weight is 462 g/mol. The Kier molecular flexibility index (Phi) is 8.12. The fourth-order valence-corrected chi connectivity index (χ4v) is 3.32. The molecule has 1 fully saturated rings. The molecule has 33 heavy (non-hydrogen) atoms. The fourth-order valence-electron chi connectivity index (χ4n) is 3.32. The van der Waals surface area contributed by atoms with E-state index < -0.39 is 55.3 Å². The second kappa shape index (κ2) is 10.8. The summed E-state index contributed by atoms with van der Waals surface area (Å²) < 4.78 is 11.1. The molecule has 0 saturated carbocycles. The minimum atomic E-state index is -1.68. The van der Waals surface area contributed by atoms with Crippen molar-refractivity contribution in [3.05, 3.63) is 53.6 Å². The van der Waals surface area contributed by atoms with E-state index in [4.69, 9.17) is 9.47 Å². The normalized spacial score (nSPS) is 26.8. The van der Waals surface area contributed by atoms with Crippen LogP contribution in [0, 0.1) is 11.8 Å². The van der Waals surface area contributed by atoms with E-state index in [1.54, 1.807) is 12.1 Å². The van der Waals surface area contributed by atoms with Crippen LogP contribution < -0.4 is 0 Å². The van der Waals surface area contributed by atoms with Gasteiger partial charge in [-0.3, -0.25) is 0 Å². The van der Waals surface area contributed by atoms with Crippen LogP contribution in [0.15, 0.2) is 42.5 Å². The molecule has 1 saturated heterocycles. The molecule has 0 aliphatic carbocycles. The Balaban J connectivity index is 1.84. The van der Waals surface area contributed by atoms with Gasteiger partial charge in [0.2, 0.25) is 0 Å². The Hall–Kier alpha value is -2.88. The molecule has 0 aromatic heterocycles. The molecule has 178 valence electrons. The molecule has 8 N–H and O–H groups in total. The smallest absolute Gasteiger partial charge is 0.187 e. The molecule has 3 rings (SSSR count). The first kappa shape index (κ1) is 24.8. The van der Waals surface area contributed by atoms with E-state index >= 15 is 0 Å². The van der Waals surface area contributed by atoms with E-state index in [0.717, 1.165) is 6.07 Å². The lowest BCUT2D eigenvalue weighted by Gasteiger charge is -2.41. The molecule has 10 nitrogen and oxygen atoms in total. The van der Waals surface area contributed by atoms with Crippen molar-refractivity contribution in [2.75, 3.05) is 6.61 Å². The number of aliphatic hydroxyl groups is 5. The van der Waals surface area contributed by atoms with Gasteiger partial charge in [0.25, 0.3) is 0 Å². The summed E-state index contributed by atoms with van der Waals surface area (Å²) in [5.41, 5.74) is 0.752. The monoisotopic (exact) mass is 462 g/mol. The lowest BCUT2D eigenvalue weighted by Crippen LogP contribution is -2.59. The van der Waals surface area contributed by atoms with Crippen LogP contribution in [0.4, 0.5) is 0 Å². The third-order valence-corrected chi connectivity index (χ3v) is 5.25. The van der Waals surface area contributed by atoms with Crippen molar-refractivity contribution in [2.24, 2.45) is 0 Å². The predicted octanol–water partition coefficient (Wildman–Crippen LogP) is -0.536. The Morgan fingerprint density at radius 2 is 1.61 bits per heavy atom. The maximum atomic E-state index is 10.9. The van der Waals surface area contributed by atoms with Crippen LogP contribution in [-0.4, -0.2) is 84.3 Å². The summed E-state index contributed by atoms with van der Waals surface area (Å²) in [4.78, 5) is 0. The highest BCUT2D eigenvalue weighted by molar-refractivity contribution is 5.42. The van der Waals surface area contributed by atoms with Gasteiger partial charge in [-0.1, -0.05) is 17.9 Å². The number of ether oxygens (including phenoxy) is 2. The number of benzene rings is 2. The van der Waals surface area contributed by atoms with Crippen LogP contribution in [0.2, 0.25) is 0 Å². The van der Waals surface area contributed by atoms with E-state index in [-0.39, 0.29) is 23.5 Å². The topological polar surface area (TPSA) is 180 Å². The van der Waals surface area contributed by atoms with E-state index in [0.29, 0.717) is 5.56 Å². The van der Waals surface area contributed by atoms with Crippen molar-refractivity contribution in [1.29, 1.82) is 0 Å². The van der Waals surface area contributed by atoms with Crippen LogP contribution in [0.3, 0.4) is 0 Å². The van der Waals surface area contributed by atoms with Gasteiger partial charge in [-0.25, -0.2) is 0 Å². The summed E-state index contributed by atoms with van der Waals surface area (Å²) >= 11 is 0. The number of hydrogen-bond acceptors (Lipinski definition) is 10. The summed E-state index contributed by atoms with van der Waals surface area (Å²) in [6, 6.07) is 9.77. The summed E-state index contributed by atoms with van der Waals surface area (Å²) in [5, 5.41) is 79.1. The van der Waals surface area contributed by atoms with Gasteiger partial charge in [0, 0.05) is 12.0 Å². The Bertz CT molecular complexity index is 981. The first-order valence-electron chi connectivity index (χ1n) is 10.1.